The molecule has 0 aliphatic carbocycles. The number of nitrogens with one attached hydrogen (secondary N) is 1. The van der Waals surface area contributed by atoms with E-state index >= 15 is 0 Å². The molecule has 0 aromatic heterocycles. The van der Waals surface area contributed by atoms with E-state index in [9.17, 15) is 13.2 Å². The van der Waals surface area contributed by atoms with E-state index in [0.29, 0.717) is 17.8 Å². The van der Waals surface area contributed by atoms with Gasteiger partial charge in [0, 0.05) is 18.8 Å². The number of carbonyl (C=O) groups is 1. The number of rotatable bonds is 6. The van der Waals surface area contributed by atoms with E-state index in [1.54, 1.807) is 32.9 Å². The van der Waals surface area contributed by atoms with Crippen LogP contribution in [0.15, 0.2) is 23.1 Å². The van der Waals surface area contributed by atoms with Crippen LogP contribution in [0.3, 0.4) is 0 Å². The molecular formula is C13H21N3O3S. The molecule has 0 fully saturated rings. The number of sulfonamides is 1. The number of nitrogens with zero attached hydrogens (tertiary/aromatic N) is 1. The van der Waals surface area contributed by atoms with E-state index in [1.165, 1.54) is 6.07 Å². The summed E-state index contributed by atoms with van der Waals surface area (Å²) < 4.78 is 26.3. The van der Waals surface area contributed by atoms with Crippen LogP contribution < -0.4 is 11.1 Å². The first-order valence-corrected chi connectivity index (χ1v) is 7.89. The van der Waals surface area contributed by atoms with Crippen LogP contribution >= 0.6 is 0 Å². The molecule has 0 radical (unpaired) electrons. The molecule has 112 valence electrons. The van der Waals surface area contributed by atoms with Crippen molar-refractivity contribution in [3.05, 3.63) is 23.8 Å². The lowest BCUT2D eigenvalue weighted by atomic mass is 10.2. The molecule has 20 heavy (non-hydrogen) atoms. The number of benzene rings is 1. The van der Waals surface area contributed by atoms with Crippen molar-refractivity contribution in [1.82, 2.24) is 9.62 Å². The van der Waals surface area contributed by atoms with Crippen LogP contribution in [0, 0.1) is 6.92 Å². The van der Waals surface area contributed by atoms with Crippen molar-refractivity contribution in [3.8, 4) is 0 Å². The van der Waals surface area contributed by atoms with Gasteiger partial charge in [0.2, 0.25) is 15.9 Å². The monoisotopic (exact) mass is 299 g/mol. The summed E-state index contributed by atoms with van der Waals surface area (Å²) >= 11 is 0. The molecule has 6 nitrogen and oxygen atoms in total. The van der Waals surface area contributed by atoms with E-state index in [4.69, 9.17) is 5.73 Å². The average molecular weight is 299 g/mol. The summed E-state index contributed by atoms with van der Waals surface area (Å²) in [6.07, 6.45) is 0. The number of hydrogen-bond donors (Lipinski definition) is 2. The molecule has 1 rings (SSSR count). The zero-order chi connectivity index (χ0) is 15.3. The van der Waals surface area contributed by atoms with Crippen LogP contribution in [0.1, 0.15) is 19.4 Å². The summed E-state index contributed by atoms with van der Waals surface area (Å²) in [5, 5.41) is 2.59. The quantitative estimate of drug-likeness (QED) is 0.757. The van der Waals surface area contributed by atoms with Gasteiger partial charge in [-0.05, 0) is 31.5 Å². The normalized spacial score (nSPS) is 11.6. The predicted octanol–water partition coefficient (Wildman–Crippen LogP) is 0.724. The zero-order valence-electron chi connectivity index (χ0n) is 12.0. The minimum Gasteiger partial charge on any atom is -0.399 e. The molecule has 0 heterocycles. The first-order valence-electron chi connectivity index (χ1n) is 6.45. The van der Waals surface area contributed by atoms with E-state index < -0.39 is 10.0 Å². The third-order valence-electron chi connectivity index (χ3n) is 2.88. The van der Waals surface area contributed by atoms with Crippen LogP contribution in [-0.4, -0.2) is 38.3 Å². The van der Waals surface area contributed by atoms with Crippen molar-refractivity contribution in [1.29, 1.82) is 0 Å². The second-order valence-corrected chi connectivity index (χ2v) is 6.32. The van der Waals surface area contributed by atoms with E-state index in [0.717, 1.165) is 4.31 Å². The van der Waals surface area contributed by atoms with Crippen molar-refractivity contribution in [2.75, 3.05) is 25.4 Å². The Balaban J connectivity index is 3.12. The van der Waals surface area contributed by atoms with Gasteiger partial charge < -0.3 is 11.1 Å². The predicted molar refractivity (Wildman–Crippen MR) is 78.7 cm³/mol. The molecule has 0 aliphatic heterocycles. The van der Waals surface area contributed by atoms with Gasteiger partial charge in [-0.15, -0.1) is 0 Å². The lowest BCUT2D eigenvalue weighted by Gasteiger charge is -2.21. The molecule has 0 saturated heterocycles. The zero-order valence-corrected chi connectivity index (χ0v) is 12.8. The number of aryl methyl sites for hydroxylation is 1. The molecular weight excluding hydrogens is 278 g/mol. The molecule has 0 aliphatic rings. The Kier molecular flexibility index (Phi) is 5.52. The van der Waals surface area contributed by atoms with Crippen LogP contribution in [0.5, 0.6) is 0 Å². The maximum Gasteiger partial charge on any atom is 0.243 e. The summed E-state index contributed by atoms with van der Waals surface area (Å²) in [4.78, 5) is 11.7. The molecule has 0 saturated carbocycles. The third-order valence-corrected chi connectivity index (χ3v) is 4.94. The highest BCUT2D eigenvalue weighted by Gasteiger charge is 2.26. The number of hydrogen-bond acceptors (Lipinski definition) is 4. The molecule has 7 heteroatoms. The fourth-order valence-electron chi connectivity index (χ4n) is 1.81. The van der Waals surface area contributed by atoms with Gasteiger partial charge >= 0.3 is 0 Å². The first-order chi connectivity index (χ1) is 9.32. The Hall–Kier alpha value is -1.60. The lowest BCUT2D eigenvalue weighted by Crippen LogP contribution is -2.40. The van der Waals surface area contributed by atoms with Crippen molar-refractivity contribution < 1.29 is 13.2 Å². The van der Waals surface area contributed by atoms with Crippen LogP contribution in [0.25, 0.3) is 0 Å². The largest absolute Gasteiger partial charge is 0.399 e. The summed E-state index contributed by atoms with van der Waals surface area (Å²) in [5.41, 5.74) is 6.64. The number of carbonyl (C=O) groups excluding carboxylic acids is 1. The van der Waals surface area contributed by atoms with Crippen molar-refractivity contribution in [3.63, 3.8) is 0 Å². The average Bonchev–Trinajstić information content (AvgIpc) is 2.38. The molecule has 1 aromatic rings. The van der Waals surface area contributed by atoms with Gasteiger partial charge in [-0.2, -0.15) is 4.31 Å². The number of amides is 1. The minimum absolute atomic E-state index is 0.142. The number of anilines is 1. The summed E-state index contributed by atoms with van der Waals surface area (Å²) in [6.45, 7) is 5.66. The van der Waals surface area contributed by atoms with E-state index in [-0.39, 0.29) is 23.9 Å². The molecule has 0 atom stereocenters. The second kappa shape index (κ2) is 6.71. The Morgan fingerprint density at radius 1 is 1.35 bits per heavy atom. The van der Waals surface area contributed by atoms with Gasteiger partial charge in [0.25, 0.3) is 0 Å². The van der Waals surface area contributed by atoms with Gasteiger partial charge in [-0.1, -0.05) is 13.0 Å². The molecule has 1 aromatic carbocycles. The fourth-order valence-corrected chi connectivity index (χ4v) is 3.48. The Morgan fingerprint density at radius 3 is 2.55 bits per heavy atom. The summed E-state index contributed by atoms with van der Waals surface area (Å²) in [5.74, 6) is -0.320. The highest BCUT2D eigenvalue weighted by atomic mass is 32.2. The van der Waals surface area contributed by atoms with Gasteiger partial charge in [0.15, 0.2) is 0 Å². The van der Waals surface area contributed by atoms with Gasteiger partial charge in [0.05, 0.1) is 11.4 Å². The Morgan fingerprint density at radius 2 is 2.00 bits per heavy atom. The van der Waals surface area contributed by atoms with Crippen LogP contribution in [0.2, 0.25) is 0 Å². The maximum atomic E-state index is 12.6. The maximum absolute atomic E-state index is 12.6. The first kappa shape index (κ1) is 16.5. The molecule has 0 unspecified atom stereocenters. The molecule has 0 spiro atoms. The topological polar surface area (TPSA) is 92.5 Å². The van der Waals surface area contributed by atoms with Gasteiger partial charge in [-0.25, -0.2) is 8.42 Å². The number of nitrogens with two attached hydrogens (primary N) is 1. The van der Waals surface area contributed by atoms with E-state index in [1.807, 2.05) is 0 Å². The lowest BCUT2D eigenvalue weighted by molar-refractivity contribution is -0.121. The van der Waals surface area contributed by atoms with Gasteiger partial charge in [-0.3, -0.25) is 4.79 Å². The molecule has 0 bridgehead atoms. The number of likely N-dealkylation sites (N-methyl/N-ethyl adjacent to an activating group) is 2. The highest BCUT2D eigenvalue weighted by Crippen LogP contribution is 2.22. The van der Waals surface area contributed by atoms with Crippen LogP contribution in [-0.2, 0) is 14.8 Å². The van der Waals surface area contributed by atoms with E-state index in [2.05, 4.69) is 5.32 Å². The smallest absolute Gasteiger partial charge is 0.243 e. The third kappa shape index (κ3) is 3.71. The van der Waals surface area contributed by atoms with Crippen molar-refractivity contribution >= 4 is 21.6 Å². The summed E-state index contributed by atoms with van der Waals surface area (Å²) in [7, 11) is -3.73. The second-order valence-electron chi connectivity index (χ2n) is 4.41. The SMILES string of the molecule is CCNC(=O)CN(CC)S(=O)(=O)c1cc(N)ccc1C. The van der Waals surface area contributed by atoms with Crippen molar-refractivity contribution in [2.24, 2.45) is 0 Å². The fraction of sp³-hybridized carbons (Fsp3) is 0.462. The van der Waals surface area contributed by atoms with Crippen LogP contribution in [0.4, 0.5) is 5.69 Å². The Labute approximate surface area is 120 Å². The standard InChI is InChI=1S/C13H21N3O3S/c1-4-15-13(17)9-16(5-2)20(18,19)12-8-11(14)7-6-10(12)3/h6-8H,4-5,9,14H2,1-3H3,(H,15,17). The summed E-state index contributed by atoms with van der Waals surface area (Å²) in [6, 6.07) is 4.72. The Bertz CT molecular complexity index is 585. The minimum atomic E-state index is -3.73. The van der Waals surface area contributed by atoms with Crippen molar-refractivity contribution in [2.45, 2.75) is 25.7 Å². The molecule has 3 N–H and O–H groups in total. The number of nitrogen functional groups attached to an aromatic ring is 1. The molecule has 1 amide bonds. The highest BCUT2D eigenvalue weighted by molar-refractivity contribution is 7.89. The van der Waals surface area contributed by atoms with Gasteiger partial charge in [0.1, 0.15) is 0 Å².